The number of carboxylic acid groups (broad SMARTS) is 1. The first-order valence-electron chi connectivity index (χ1n) is 4.68. The van der Waals surface area contributed by atoms with Gasteiger partial charge >= 0.3 is 12.1 Å². The predicted octanol–water partition coefficient (Wildman–Crippen LogP) is 3.38. The molecule has 0 fully saturated rings. The average Bonchev–Trinajstić information content (AvgIpc) is 2.21. The zero-order valence-electron chi connectivity index (χ0n) is 8.76. The van der Waals surface area contributed by atoms with E-state index in [1.165, 1.54) is 18.2 Å². The van der Waals surface area contributed by atoms with Crippen LogP contribution in [0.4, 0.5) is 13.2 Å². The molecule has 0 aliphatic carbocycles. The molecule has 0 aliphatic rings. The lowest BCUT2D eigenvalue weighted by Gasteiger charge is -2.16. The number of alkyl halides is 3. The summed E-state index contributed by atoms with van der Waals surface area (Å²) in [5.41, 5.74) is 0.153. The average molecular weight is 347 g/mol. The fourth-order valence-electron chi connectivity index (χ4n) is 1.26. The summed E-state index contributed by atoms with van der Waals surface area (Å²) in [4.78, 5) is 10.9. The van der Waals surface area contributed by atoms with Crippen LogP contribution in [0.5, 0.6) is 0 Å². The Kier molecular flexibility index (Phi) is 5.01. The fourth-order valence-corrected chi connectivity index (χ4v) is 1.69. The van der Waals surface area contributed by atoms with Gasteiger partial charge in [-0.1, -0.05) is 17.7 Å². The Balaban J connectivity index is 2.91. The molecule has 2 N–H and O–H groups in total. The molecule has 1 atom stereocenters. The standard InChI is InChI=1S/C10H8BrClF3NO2/c11-6-2-1-5(3-7(6)12)8(9(17)18)16-4-10(13,14)15/h1-3,8,16H,4H2,(H,17,18). The summed E-state index contributed by atoms with van der Waals surface area (Å²) in [5.74, 6) is -1.40. The smallest absolute Gasteiger partial charge is 0.401 e. The quantitative estimate of drug-likeness (QED) is 0.879. The van der Waals surface area contributed by atoms with Crippen LogP contribution in [0.25, 0.3) is 0 Å². The van der Waals surface area contributed by atoms with Gasteiger partial charge in [0.25, 0.3) is 0 Å². The van der Waals surface area contributed by atoms with E-state index in [1.54, 1.807) is 0 Å². The van der Waals surface area contributed by atoms with E-state index in [4.69, 9.17) is 16.7 Å². The first-order chi connectivity index (χ1) is 8.20. The maximum atomic E-state index is 12.0. The van der Waals surface area contributed by atoms with Crippen molar-refractivity contribution in [3.8, 4) is 0 Å². The molecular weight excluding hydrogens is 338 g/mol. The van der Waals surface area contributed by atoms with Crippen molar-refractivity contribution in [1.29, 1.82) is 0 Å². The molecule has 1 aromatic rings. The molecule has 0 radical (unpaired) electrons. The van der Waals surface area contributed by atoms with Gasteiger partial charge in [-0.05, 0) is 33.6 Å². The molecule has 3 nitrogen and oxygen atoms in total. The molecule has 0 saturated carbocycles. The normalized spacial score (nSPS) is 13.4. The molecule has 1 rings (SSSR count). The monoisotopic (exact) mass is 345 g/mol. The van der Waals surface area contributed by atoms with E-state index in [0.29, 0.717) is 4.47 Å². The van der Waals surface area contributed by atoms with Crippen LogP contribution in [-0.2, 0) is 4.79 Å². The van der Waals surface area contributed by atoms with Crippen molar-refractivity contribution in [3.05, 3.63) is 33.3 Å². The second kappa shape index (κ2) is 5.90. The van der Waals surface area contributed by atoms with E-state index in [1.807, 2.05) is 5.32 Å². The van der Waals surface area contributed by atoms with Gasteiger partial charge in [0.1, 0.15) is 6.04 Å². The third kappa shape index (κ3) is 4.47. The van der Waals surface area contributed by atoms with Gasteiger partial charge < -0.3 is 5.11 Å². The van der Waals surface area contributed by atoms with Crippen molar-refractivity contribution in [1.82, 2.24) is 5.32 Å². The molecule has 0 amide bonds. The van der Waals surface area contributed by atoms with Gasteiger partial charge in [-0.25, -0.2) is 0 Å². The molecule has 1 aromatic carbocycles. The Morgan fingerprint density at radius 1 is 1.50 bits per heavy atom. The minimum atomic E-state index is -4.48. The van der Waals surface area contributed by atoms with Gasteiger partial charge in [0.2, 0.25) is 0 Å². The molecule has 8 heteroatoms. The second-order valence-electron chi connectivity index (χ2n) is 3.44. The van der Waals surface area contributed by atoms with E-state index in [-0.39, 0.29) is 10.6 Å². The van der Waals surface area contributed by atoms with Crippen molar-refractivity contribution in [3.63, 3.8) is 0 Å². The fraction of sp³-hybridized carbons (Fsp3) is 0.300. The molecule has 100 valence electrons. The first-order valence-corrected chi connectivity index (χ1v) is 5.85. The molecule has 0 heterocycles. The number of carbonyl (C=O) groups is 1. The van der Waals surface area contributed by atoms with Crippen molar-refractivity contribution in [2.24, 2.45) is 0 Å². The summed E-state index contributed by atoms with van der Waals surface area (Å²) in [5, 5.41) is 11.1. The zero-order valence-corrected chi connectivity index (χ0v) is 11.1. The van der Waals surface area contributed by atoms with E-state index < -0.39 is 24.7 Å². The molecule has 0 spiro atoms. The first kappa shape index (κ1) is 15.3. The minimum absolute atomic E-state index is 0.153. The number of carboxylic acids is 1. The zero-order chi connectivity index (χ0) is 13.9. The Morgan fingerprint density at radius 2 is 2.11 bits per heavy atom. The van der Waals surface area contributed by atoms with Crippen LogP contribution >= 0.6 is 27.5 Å². The Hall–Kier alpha value is -0.790. The summed E-state index contributed by atoms with van der Waals surface area (Å²) in [6.07, 6.45) is -4.48. The highest BCUT2D eigenvalue weighted by Gasteiger charge is 2.30. The number of halogens is 5. The van der Waals surface area contributed by atoms with Crippen LogP contribution in [-0.4, -0.2) is 23.8 Å². The summed E-state index contributed by atoms with van der Waals surface area (Å²) in [7, 11) is 0. The minimum Gasteiger partial charge on any atom is -0.480 e. The highest BCUT2D eigenvalue weighted by atomic mass is 79.9. The Bertz CT molecular complexity index is 453. The molecular formula is C10H8BrClF3NO2. The number of hydrogen-bond acceptors (Lipinski definition) is 2. The molecule has 0 bridgehead atoms. The van der Waals surface area contributed by atoms with Crippen LogP contribution in [0.3, 0.4) is 0 Å². The van der Waals surface area contributed by atoms with Crippen LogP contribution in [0.15, 0.2) is 22.7 Å². The molecule has 18 heavy (non-hydrogen) atoms. The Morgan fingerprint density at radius 3 is 2.56 bits per heavy atom. The third-order valence-electron chi connectivity index (χ3n) is 2.03. The van der Waals surface area contributed by atoms with Gasteiger partial charge in [-0.3, -0.25) is 10.1 Å². The highest BCUT2D eigenvalue weighted by Crippen LogP contribution is 2.26. The van der Waals surface area contributed by atoms with Crippen LogP contribution in [0, 0.1) is 0 Å². The summed E-state index contributed by atoms with van der Waals surface area (Å²) >= 11 is 8.87. The topological polar surface area (TPSA) is 49.3 Å². The van der Waals surface area contributed by atoms with Gasteiger partial charge in [0.05, 0.1) is 11.6 Å². The second-order valence-corrected chi connectivity index (χ2v) is 4.70. The number of nitrogens with one attached hydrogen (secondary N) is 1. The third-order valence-corrected chi connectivity index (χ3v) is 3.26. The number of aliphatic carboxylic acids is 1. The van der Waals surface area contributed by atoms with Crippen molar-refractivity contribution in [2.75, 3.05) is 6.54 Å². The molecule has 0 aromatic heterocycles. The van der Waals surface area contributed by atoms with E-state index in [0.717, 1.165) is 0 Å². The maximum Gasteiger partial charge on any atom is 0.401 e. The summed E-state index contributed by atoms with van der Waals surface area (Å²) in [6, 6.07) is 2.70. The number of hydrogen-bond donors (Lipinski definition) is 2. The largest absolute Gasteiger partial charge is 0.480 e. The van der Waals surface area contributed by atoms with Crippen LogP contribution in [0.1, 0.15) is 11.6 Å². The lowest BCUT2D eigenvalue weighted by molar-refractivity contribution is -0.143. The lowest BCUT2D eigenvalue weighted by atomic mass is 10.1. The van der Waals surface area contributed by atoms with Crippen molar-refractivity contribution < 1.29 is 23.1 Å². The predicted molar refractivity (Wildman–Crippen MR) is 63.6 cm³/mol. The number of benzene rings is 1. The van der Waals surface area contributed by atoms with Crippen molar-refractivity contribution >= 4 is 33.5 Å². The lowest BCUT2D eigenvalue weighted by Crippen LogP contribution is -2.36. The van der Waals surface area contributed by atoms with Gasteiger partial charge in [0, 0.05) is 4.47 Å². The van der Waals surface area contributed by atoms with Gasteiger partial charge in [0.15, 0.2) is 0 Å². The van der Waals surface area contributed by atoms with Gasteiger partial charge in [-0.2, -0.15) is 13.2 Å². The molecule has 0 aliphatic heterocycles. The molecule has 1 unspecified atom stereocenters. The maximum absolute atomic E-state index is 12.0. The Labute approximate surface area is 114 Å². The SMILES string of the molecule is O=C(O)C(NCC(F)(F)F)c1ccc(Br)c(Cl)c1. The number of rotatable bonds is 4. The molecule has 0 saturated heterocycles. The highest BCUT2D eigenvalue weighted by molar-refractivity contribution is 9.10. The summed E-state index contributed by atoms with van der Waals surface area (Å²) in [6.45, 7) is -1.39. The van der Waals surface area contributed by atoms with Crippen molar-refractivity contribution in [2.45, 2.75) is 12.2 Å². The van der Waals surface area contributed by atoms with Crippen LogP contribution in [0.2, 0.25) is 5.02 Å². The van der Waals surface area contributed by atoms with E-state index in [9.17, 15) is 18.0 Å². The summed E-state index contributed by atoms with van der Waals surface area (Å²) < 4.78 is 36.7. The van der Waals surface area contributed by atoms with Crippen LogP contribution < -0.4 is 5.32 Å². The van der Waals surface area contributed by atoms with E-state index >= 15 is 0 Å². The van der Waals surface area contributed by atoms with E-state index in [2.05, 4.69) is 15.9 Å². The van der Waals surface area contributed by atoms with Gasteiger partial charge in [-0.15, -0.1) is 0 Å².